The van der Waals surface area contributed by atoms with Crippen LogP contribution in [0.2, 0.25) is 0 Å². The number of esters is 2. The summed E-state index contributed by atoms with van der Waals surface area (Å²) in [4.78, 5) is 31.7. The summed E-state index contributed by atoms with van der Waals surface area (Å²) in [7, 11) is 2.67. The van der Waals surface area contributed by atoms with Crippen LogP contribution >= 0.6 is 11.3 Å². The topological polar surface area (TPSA) is 113 Å². The SMILES string of the molecule is COC(=O)C1=C(C)NC(COCCN)(c2nc(-c3ccccc3)cs2)C(C(=O)OC)C1c1ccccc1. The lowest BCUT2D eigenvalue weighted by Gasteiger charge is -2.47. The first-order valence-electron chi connectivity index (χ1n) is 12.0. The molecule has 1 aliphatic rings. The average molecular weight is 522 g/mol. The molecule has 0 fully saturated rings. The fourth-order valence-electron chi connectivity index (χ4n) is 4.95. The Morgan fingerprint density at radius 3 is 2.35 bits per heavy atom. The molecule has 3 unspecified atom stereocenters. The maximum Gasteiger partial charge on any atom is 0.336 e. The summed E-state index contributed by atoms with van der Waals surface area (Å²) in [5.41, 5.74) is 8.04. The van der Waals surface area contributed by atoms with E-state index in [1.165, 1.54) is 25.6 Å². The molecular formula is C28H31N3O5S. The van der Waals surface area contributed by atoms with Gasteiger partial charge in [0.2, 0.25) is 0 Å². The van der Waals surface area contributed by atoms with Crippen molar-refractivity contribution in [1.29, 1.82) is 0 Å². The molecule has 0 amide bonds. The second-order valence-electron chi connectivity index (χ2n) is 8.76. The Morgan fingerprint density at radius 1 is 1.05 bits per heavy atom. The van der Waals surface area contributed by atoms with Crippen molar-refractivity contribution in [2.24, 2.45) is 11.7 Å². The van der Waals surface area contributed by atoms with Crippen LogP contribution in [0.15, 0.2) is 77.3 Å². The van der Waals surface area contributed by atoms with Gasteiger partial charge in [-0.15, -0.1) is 11.3 Å². The molecule has 0 radical (unpaired) electrons. The van der Waals surface area contributed by atoms with E-state index in [9.17, 15) is 9.59 Å². The van der Waals surface area contributed by atoms with Gasteiger partial charge in [-0.25, -0.2) is 9.78 Å². The smallest absolute Gasteiger partial charge is 0.336 e. The van der Waals surface area contributed by atoms with E-state index < -0.39 is 29.3 Å². The minimum Gasteiger partial charge on any atom is -0.469 e. The van der Waals surface area contributed by atoms with Gasteiger partial charge in [-0.1, -0.05) is 60.7 Å². The molecule has 0 saturated carbocycles. The van der Waals surface area contributed by atoms with Crippen LogP contribution in [0.3, 0.4) is 0 Å². The molecule has 9 heteroatoms. The molecule has 37 heavy (non-hydrogen) atoms. The Labute approximate surface area is 220 Å². The van der Waals surface area contributed by atoms with Crippen molar-refractivity contribution in [2.75, 3.05) is 34.0 Å². The number of nitrogens with one attached hydrogen (secondary N) is 1. The Bertz CT molecular complexity index is 1260. The second kappa shape index (κ2) is 11.7. The van der Waals surface area contributed by atoms with Gasteiger partial charge in [0.05, 0.1) is 44.6 Å². The summed E-state index contributed by atoms with van der Waals surface area (Å²) in [6.07, 6.45) is 0. The van der Waals surface area contributed by atoms with E-state index in [1.807, 2.05) is 66.0 Å². The van der Waals surface area contributed by atoms with E-state index in [4.69, 9.17) is 24.9 Å². The monoisotopic (exact) mass is 521 g/mol. The van der Waals surface area contributed by atoms with Gasteiger partial charge < -0.3 is 25.3 Å². The van der Waals surface area contributed by atoms with Gasteiger partial charge in [-0.05, 0) is 12.5 Å². The average Bonchev–Trinajstić information content (AvgIpc) is 3.44. The van der Waals surface area contributed by atoms with Gasteiger partial charge in [0.1, 0.15) is 10.5 Å². The third kappa shape index (κ3) is 5.16. The van der Waals surface area contributed by atoms with Crippen LogP contribution < -0.4 is 11.1 Å². The number of hydrogen-bond acceptors (Lipinski definition) is 9. The summed E-state index contributed by atoms with van der Waals surface area (Å²) in [6, 6.07) is 19.2. The van der Waals surface area contributed by atoms with E-state index >= 15 is 0 Å². The number of nitrogens with two attached hydrogens (primary N) is 1. The number of allylic oxidation sites excluding steroid dienone is 1. The Kier molecular flexibility index (Phi) is 8.38. The summed E-state index contributed by atoms with van der Waals surface area (Å²) >= 11 is 1.42. The van der Waals surface area contributed by atoms with Gasteiger partial charge >= 0.3 is 11.9 Å². The molecule has 0 spiro atoms. The van der Waals surface area contributed by atoms with Gasteiger partial charge in [0.25, 0.3) is 0 Å². The van der Waals surface area contributed by atoms with E-state index in [0.29, 0.717) is 22.8 Å². The van der Waals surface area contributed by atoms with Crippen LogP contribution in [0.4, 0.5) is 0 Å². The number of nitrogens with zero attached hydrogens (tertiary/aromatic N) is 1. The predicted molar refractivity (Wildman–Crippen MR) is 142 cm³/mol. The lowest BCUT2D eigenvalue weighted by atomic mass is 9.67. The summed E-state index contributed by atoms with van der Waals surface area (Å²) < 4.78 is 16.5. The molecule has 194 valence electrons. The standard InChI is InChI=1S/C28H31N3O5S/c1-18-22(25(32)34-2)23(20-12-8-5-9-13-20)24(26(33)35-3)28(31-18,17-36-15-14-29)27-30-21(16-37-27)19-10-6-4-7-11-19/h4-13,16,23-24,31H,14-15,17,29H2,1-3H3. The van der Waals surface area contributed by atoms with Crippen molar-refractivity contribution >= 4 is 23.3 Å². The van der Waals surface area contributed by atoms with Gasteiger partial charge in [-0.3, -0.25) is 4.79 Å². The summed E-state index contributed by atoms with van der Waals surface area (Å²) in [5.74, 6) is -2.59. The molecule has 1 aliphatic heterocycles. The number of thiazole rings is 1. The minimum absolute atomic E-state index is 0.0842. The highest BCUT2D eigenvalue weighted by Crippen LogP contribution is 2.49. The van der Waals surface area contributed by atoms with Gasteiger partial charge in [0, 0.05) is 29.1 Å². The van der Waals surface area contributed by atoms with Crippen LogP contribution in [0.25, 0.3) is 11.3 Å². The number of benzene rings is 2. The highest BCUT2D eigenvalue weighted by Gasteiger charge is 2.57. The van der Waals surface area contributed by atoms with E-state index in [1.54, 1.807) is 6.92 Å². The molecule has 4 rings (SSSR count). The van der Waals surface area contributed by atoms with Crippen molar-refractivity contribution in [3.05, 3.63) is 87.9 Å². The largest absolute Gasteiger partial charge is 0.469 e. The van der Waals surface area contributed by atoms with E-state index in [0.717, 1.165) is 16.8 Å². The molecule has 2 aromatic carbocycles. The van der Waals surface area contributed by atoms with Crippen molar-refractivity contribution in [2.45, 2.75) is 18.4 Å². The zero-order valence-electron chi connectivity index (χ0n) is 21.1. The summed E-state index contributed by atoms with van der Waals surface area (Å²) in [5, 5.41) is 6.06. The normalized spacial score (nSPS) is 21.3. The molecule has 3 N–H and O–H groups in total. The molecule has 8 nitrogen and oxygen atoms in total. The molecule has 2 heterocycles. The number of aromatic nitrogens is 1. The zero-order chi connectivity index (χ0) is 26.4. The Morgan fingerprint density at radius 2 is 1.73 bits per heavy atom. The number of carbonyl (C=O) groups is 2. The predicted octanol–water partition coefficient (Wildman–Crippen LogP) is 3.60. The second-order valence-corrected chi connectivity index (χ2v) is 9.62. The first-order valence-corrected chi connectivity index (χ1v) is 12.8. The molecule has 3 atom stereocenters. The highest BCUT2D eigenvalue weighted by molar-refractivity contribution is 7.10. The van der Waals surface area contributed by atoms with E-state index in [2.05, 4.69) is 5.32 Å². The Balaban J connectivity index is 1.97. The fourth-order valence-corrected chi connectivity index (χ4v) is 5.96. The van der Waals surface area contributed by atoms with Crippen molar-refractivity contribution in [3.8, 4) is 11.3 Å². The molecule has 0 saturated heterocycles. The van der Waals surface area contributed by atoms with E-state index in [-0.39, 0.29) is 13.2 Å². The molecule has 0 bridgehead atoms. The van der Waals surface area contributed by atoms with Crippen LogP contribution in [-0.2, 0) is 29.3 Å². The van der Waals surface area contributed by atoms with Crippen molar-refractivity contribution < 1.29 is 23.8 Å². The van der Waals surface area contributed by atoms with Crippen molar-refractivity contribution in [1.82, 2.24) is 10.3 Å². The fraction of sp³-hybridized carbons (Fsp3) is 0.321. The number of hydrogen-bond donors (Lipinski definition) is 2. The first kappa shape index (κ1) is 26.5. The molecule has 3 aromatic rings. The third-order valence-electron chi connectivity index (χ3n) is 6.56. The van der Waals surface area contributed by atoms with Crippen LogP contribution in [-0.4, -0.2) is 50.9 Å². The quantitative estimate of drug-likeness (QED) is 0.324. The number of rotatable bonds is 9. The van der Waals surface area contributed by atoms with Crippen LogP contribution in [0, 0.1) is 5.92 Å². The molecule has 0 aliphatic carbocycles. The molecular weight excluding hydrogens is 490 g/mol. The number of carbonyl (C=O) groups excluding carboxylic acids is 2. The van der Waals surface area contributed by atoms with Gasteiger partial charge in [-0.2, -0.15) is 0 Å². The van der Waals surface area contributed by atoms with Crippen LogP contribution in [0.5, 0.6) is 0 Å². The highest BCUT2D eigenvalue weighted by atomic mass is 32.1. The zero-order valence-corrected chi connectivity index (χ0v) is 21.9. The maximum absolute atomic E-state index is 13.7. The number of ether oxygens (including phenoxy) is 3. The summed E-state index contributed by atoms with van der Waals surface area (Å²) in [6.45, 7) is 2.49. The molecule has 1 aromatic heterocycles. The number of methoxy groups -OCH3 is 2. The minimum atomic E-state index is -1.14. The lowest BCUT2D eigenvalue weighted by Crippen LogP contribution is -2.59. The van der Waals surface area contributed by atoms with Crippen LogP contribution in [0.1, 0.15) is 23.4 Å². The van der Waals surface area contributed by atoms with Crippen molar-refractivity contribution in [3.63, 3.8) is 0 Å². The maximum atomic E-state index is 13.7. The lowest BCUT2D eigenvalue weighted by molar-refractivity contribution is -0.152. The first-order chi connectivity index (χ1) is 18.0. The van der Waals surface area contributed by atoms with Gasteiger partial charge in [0.15, 0.2) is 0 Å². The Hall–Kier alpha value is -3.53. The third-order valence-corrected chi connectivity index (χ3v) is 7.58.